The minimum absolute atomic E-state index is 0.198. The van der Waals surface area contributed by atoms with E-state index in [1.54, 1.807) is 38.1 Å². The maximum atomic E-state index is 12.4. The molecule has 5 nitrogen and oxygen atoms in total. The van der Waals surface area contributed by atoms with Crippen LogP contribution in [-0.2, 0) is 13.6 Å². The molecule has 6 heteroatoms. The van der Waals surface area contributed by atoms with Gasteiger partial charge in [-0.2, -0.15) is 0 Å². The fourth-order valence-electron chi connectivity index (χ4n) is 1.59. The van der Waals surface area contributed by atoms with Crippen LogP contribution in [0, 0.1) is 0 Å². The number of aliphatic hydroxyl groups is 1. The topological polar surface area (TPSA) is 65.0 Å². The van der Waals surface area contributed by atoms with E-state index in [1.165, 1.54) is 7.11 Å². The van der Waals surface area contributed by atoms with Crippen molar-refractivity contribution in [2.75, 3.05) is 20.3 Å². The first-order chi connectivity index (χ1) is 8.59. The Bertz CT molecular complexity index is 411. The summed E-state index contributed by atoms with van der Waals surface area (Å²) in [5.74, 6) is -0.904. The van der Waals surface area contributed by atoms with Crippen LogP contribution in [0.15, 0.2) is 24.3 Å². The molecule has 0 aliphatic heterocycles. The molecule has 1 rings (SSSR count). The molecule has 0 unspecified atom stereocenters. The zero-order chi connectivity index (χ0) is 13.6. The number of hydrogen-bond acceptors (Lipinski definition) is 5. The molecule has 0 spiro atoms. The molecule has 0 aliphatic rings. The van der Waals surface area contributed by atoms with E-state index in [0.717, 1.165) is 0 Å². The molecule has 0 heterocycles. The lowest BCUT2D eigenvalue weighted by Gasteiger charge is -2.23. The summed E-state index contributed by atoms with van der Waals surface area (Å²) in [6.07, 6.45) is 0. The van der Waals surface area contributed by atoms with E-state index in [1.807, 2.05) is 0 Å². The zero-order valence-electron chi connectivity index (χ0n) is 10.8. The first-order valence-corrected chi connectivity index (χ1v) is 7.40. The molecule has 0 aromatic heterocycles. The van der Waals surface area contributed by atoms with Crippen LogP contribution < -0.4 is 4.74 Å². The van der Waals surface area contributed by atoms with Crippen molar-refractivity contribution in [2.24, 2.45) is 0 Å². The third-order valence-corrected chi connectivity index (χ3v) is 4.45. The van der Waals surface area contributed by atoms with Gasteiger partial charge in [0.15, 0.2) is 5.85 Å². The quantitative estimate of drug-likeness (QED) is 0.774. The van der Waals surface area contributed by atoms with Gasteiger partial charge in [-0.25, -0.2) is 0 Å². The Morgan fingerprint density at radius 2 is 1.78 bits per heavy atom. The second-order valence-corrected chi connectivity index (χ2v) is 5.58. The van der Waals surface area contributed by atoms with Crippen LogP contribution >= 0.6 is 7.60 Å². The minimum atomic E-state index is -3.60. The molecule has 1 N–H and O–H groups in total. The van der Waals surface area contributed by atoms with Crippen molar-refractivity contribution >= 4 is 7.60 Å². The highest BCUT2D eigenvalue weighted by Gasteiger charge is 2.36. The van der Waals surface area contributed by atoms with Crippen LogP contribution in [0.5, 0.6) is 5.75 Å². The predicted molar refractivity (Wildman–Crippen MR) is 68.8 cm³/mol. The van der Waals surface area contributed by atoms with Gasteiger partial charge in [0, 0.05) is 5.56 Å². The van der Waals surface area contributed by atoms with E-state index in [-0.39, 0.29) is 13.2 Å². The monoisotopic (exact) mass is 274 g/mol. The van der Waals surface area contributed by atoms with Crippen LogP contribution in [-0.4, -0.2) is 25.4 Å². The van der Waals surface area contributed by atoms with E-state index >= 15 is 0 Å². The van der Waals surface area contributed by atoms with Crippen molar-refractivity contribution in [1.29, 1.82) is 0 Å². The summed E-state index contributed by atoms with van der Waals surface area (Å²) in [7, 11) is -2.11. The Balaban J connectivity index is 3.09. The van der Waals surface area contributed by atoms with Crippen LogP contribution in [0.25, 0.3) is 0 Å². The molecule has 1 aromatic rings. The molecule has 1 aromatic carbocycles. The number of ether oxygens (including phenoxy) is 1. The highest BCUT2D eigenvalue weighted by molar-refractivity contribution is 7.54. The minimum Gasteiger partial charge on any atom is -0.496 e. The number of rotatable bonds is 7. The van der Waals surface area contributed by atoms with Gasteiger partial charge < -0.3 is 18.9 Å². The van der Waals surface area contributed by atoms with Crippen molar-refractivity contribution in [3.05, 3.63) is 29.8 Å². The van der Waals surface area contributed by atoms with Gasteiger partial charge in [0.1, 0.15) is 5.75 Å². The summed E-state index contributed by atoms with van der Waals surface area (Å²) in [5.41, 5.74) is 0.394. The number of aliphatic hydroxyl groups excluding tert-OH is 1. The Morgan fingerprint density at radius 1 is 1.22 bits per heavy atom. The van der Waals surface area contributed by atoms with E-state index in [9.17, 15) is 9.67 Å². The Hall–Kier alpha value is -0.870. The number of para-hydroxylation sites is 1. The first kappa shape index (κ1) is 15.2. The van der Waals surface area contributed by atoms with E-state index in [0.29, 0.717) is 11.3 Å². The maximum Gasteiger partial charge on any atom is 0.363 e. The van der Waals surface area contributed by atoms with E-state index in [2.05, 4.69) is 0 Å². The Kier molecular flexibility index (Phi) is 5.82. The van der Waals surface area contributed by atoms with Gasteiger partial charge in [-0.05, 0) is 19.9 Å². The van der Waals surface area contributed by atoms with Crippen LogP contribution in [0.4, 0.5) is 0 Å². The molecule has 18 heavy (non-hydrogen) atoms. The normalized spacial score (nSPS) is 13.3. The summed E-state index contributed by atoms with van der Waals surface area (Å²) >= 11 is 0. The molecular weight excluding hydrogens is 255 g/mol. The number of benzene rings is 1. The summed E-state index contributed by atoms with van der Waals surface area (Å²) < 4.78 is 27.8. The molecule has 1 atom stereocenters. The zero-order valence-corrected chi connectivity index (χ0v) is 11.7. The van der Waals surface area contributed by atoms with E-state index < -0.39 is 13.4 Å². The fraction of sp³-hybridized carbons (Fsp3) is 0.500. The standard InChI is InChI=1S/C12H19O5P/c1-4-16-18(14,17-5-2)12(13)10-8-6-7-9-11(10)15-3/h6-9,12-13H,4-5H2,1-3H3/t12-/m0/s1. The lowest BCUT2D eigenvalue weighted by atomic mass is 10.2. The summed E-state index contributed by atoms with van der Waals surface area (Å²) in [5, 5.41) is 10.2. The molecular formula is C12H19O5P. The number of methoxy groups -OCH3 is 1. The first-order valence-electron chi connectivity index (χ1n) is 5.78. The Labute approximate surface area is 107 Å². The number of hydrogen-bond donors (Lipinski definition) is 1. The molecule has 0 saturated heterocycles. The summed E-state index contributed by atoms with van der Waals surface area (Å²) in [6.45, 7) is 3.79. The van der Waals surface area contributed by atoms with Gasteiger partial charge >= 0.3 is 7.60 Å². The van der Waals surface area contributed by atoms with Crippen LogP contribution in [0.2, 0.25) is 0 Å². The molecule has 0 aliphatic carbocycles. The average molecular weight is 274 g/mol. The molecule has 0 amide bonds. The molecule has 0 radical (unpaired) electrons. The second-order valence-electron chi connectivity index (χ2n) is 3.49. The lowest BCUT2D eigenvalue weighted by molar-refractivity contribution is 0.148. The van der Waals surface area contributed by atoms with Gasteiger partial charge in [-0.3, -0.25) is 4.57 Å². The summed E-state index contributed by atoms with van der Waals surface area (Å²) in [4.78, 5) is 0. The predicted octanol–water partition coefficient (Wildman–Crippen LogP) is 2.95. The third kappa shape index (κ3) is 3.33. The van der Waals surface area contributed by atoms with Crippen molar-refractivity contribution in [3.8, 4) is 5.75 Å². The van der Waals surface area contributed by atoms with Crippen molar-refractivity contribution in [3.63, 3.8) is 0 Å². The maximum absolute atomic E-state index is 12.4. The average Bonchev–Trinajstić information content (AvgIpc) is 2.38. The summed E-state index contributed by atoms with van der Waals surface area (Å²) in [6, 6.07) is 6.81. The third-order valence-electron chi connectivity index (χ3n) is 2.33. The van der Waals surface area contributed by atoms with Gasteiger partial charge in [0.2, 0.25) is 0 Å². The molecule has 0 fully saturated rings. The fourth-order valence-corrected chi connectivity index (χ4v) is 3.22. The van der Waals surface area contributed by atoms with Gasteiger partial charge in [0.25, 0.3) is 0 Å². The van der Waals surface area contributed by atoms with Crippen LogP contribution in [0.1, 0.15) is 25.3 Å². The SMILES string of the molecule is CCOP(=O)(OCC)[C@H](O)c1ccccc1OC. The van der Waals surface area contributed by atoms with Gasteiger partial charge in [-0.1, -0.05) is 18.2 Å². The van der Waals surface area contributed by atoms with Gasteiger partial charge in [-0.15, -0.1) is 0 Å². The highest BCUT2D eigenvalue weighted by Crippen LogP contribution is 2.60. The molecule has 0 bridgehead atoms. The lowest BCUT2D eigenvalue weighted by Crippen LogP contribution is -2.07. The van der Waals surface area contributed by atoms with Gasteiger partial charge in [0.05, 0.1) is 20.3 Å². The highest BCUT2D eigenvalue weighted by atomic mass is 31.2. The molecule has 102 valence electrons. The van der Waals surface area contributed by atoms with Crippen molar-refractivity contribution in [1.82, 2.24) is 0 Å². The van der Waals surface area contributed by atoms with Crippen molar-refractivity contribution < 1.29 is 23.5 Å². The smallest absolute Gasteiger partial charge is 0.363 e. The molecule has 0 saturated carbocycles. The van der Waals surface area contributed by atoms with E-state index in [4.69, 9.17) is 13.8 Å². The van der Waals surface area contributed by atoms with Crippen LogP contribution in [0.3, 0.4) is 0 Å². The Morgan fingerprint density at radius 3 is 2.28 bits per heavy atom. The van der Waals surface area contributed by atoms with Crippen molar-refractivity contribution in [2.45, 2.75) is 19.7 Å². The second kappa shape index (κ2) is 6.90. The largest absolute Gasteiger partial charge is 0.496 e.